The molecule has 152 valence electrons. The van der Waals surface area contributed by atoms with Gasteiger partial charge in [-0.15, -0.1) is 0 Å². The van der Waals surface area contributed by atoms with Crippen LogP contribution in [0.25, 0.3) is 6.08 Å². The maximum Gasteiger partial charge on any atom is 0.337 e. The number of hydrogen-bond donors (Lipinski definition) is 1. The Morgan fingerprint density at radius 2 is 1.72 bits per heavy atom. The van der Waals surface area contributed by atoms with E-state index < -0.39 is 11.9 Å². The predicted molar refractivity (Wildman–Crippen MR) is 110 cm³/mol. The first-order chi connectivity index (χ1) is 14.0. The van der Waals surface area contributed by atoms with Crippen LogP contribution in [0, 0.1) is 0 Å². The van der Waals surface area contributed by atoms with Crippen LogP contribution in [-0.4, -0.2) is 37.6 Å². The second-order valence-corrected chi connectivity index (χ2v) is 6.55. The molecule has 6 nitrogen and oxygen atoms in total. The van der Waals surface area contributed by atoms with E-state index in [1.165, 1.54) is 18.7 Å². The van der Waals surface area contributed by atoms with Gasteiger partial charge in [-0.25, -0.2) is 9.59 Å². The second kappa shape index (κ2) is 11.4. The van der Waals surface area contributed by atoms with Crippen molar-refractivity contribution in [1.29, 1.82) is 0 Å². The number of nitrogens with one attached hydrogen (secondary N) is 1. The third-order valence-corrected chi connectivity index (χ3v) is 4.21. The molecule has 29 heavy (non-hydrogen) atoms. The fourth-order valence-electron chi connectivity index (χ4n) is 2.61. The van der Waals surface area contributed by atoms with Gasteiger partial charge >= 0.3 is 11.9 Å². The number of aryl methyl sites for hydroxylation is 1. The van der Waals surface area contributed by atoms with E-state index in [2.05, 4.69) is 10.1 Å². The fraction of sp³-hybridized carbons (Fsp3) is 0.261. The summed E-state index contributed by atoms with van der Waals surface area (Å²) >= 11 is 0. The smallest absolute Gasteiger partial charge is 0.337 e. The maximum atomic E-state index is 11.9. The Kier molecular flexibility index (Phi) is 8.63. The number of carbonyl (C=O) groups excluding carboxylic acids is 3. The van der Waals surface area contributed by atoms with E-state index in [9.17, 15) is 14.4 Å². The normalized spacial score (nSPS) is 11.7. The lowest BCUT2D eigenvalue weighted by Crippen LogP contribution is -2.36. The van der Waals surface area contributed by atoms with E-state index in [1.54, 1.807) is 30.3 Å². The molecule has 0 bridgehead atoms. The van der Waals surface area contributed by atoms with Crippen LogP contribution in [0.4, 0.5) is 0 Å². The number of hydrogen-bond acceptors (Lipinski definition) is 5. The molecule has 6 heteroatoms. The molecule has 0 aliphatic heterocycles. The molecule has 0 radical (unpaired) electrons. The van der Waals surface area contributed by atoms with E-state index in [-0.39, 0.29) is 18.6 Å². The van der Waals surface area contributed by atoms with E-state index >= 15 is 0 Å². The van der Waals surface area contributed by atoms with Crippen molar-refractivity contribution in [3.05, 3.63) is 77.4 Å². The molecule has 0 aliphatic rings. The monoisotopic (exact) mass is 395 g/mol. The highest BCUT2D eigenvalue weighted by molar-refractivity contribution is 5.91. The van der Waals surface area contributed by atoms with Crippen molar-refractivity contribution >= 4 is 23.9 Å². The molecule has 0 heterocycles. The molecule has 0 aliphatic carbocycles. The molecule has 2 rings (SSSR count). The summed E-state index contributed by atoms with van der Waals surface area (Å²) in [5.41, 5.74) is 2.35. The van der Waals surface area contributed by atoms with Crippen molar-refractivity contribution in [2.45, 2.75) is 25.8 Å². The summed E-state index contributed by atoms with van der Waals surface area (Å²) in [5.74, 6) is -1.38. The molecular weight excluding hydrogens is 370 g/mol. The van der Waals surface area contributed by atoms with Gasteiger partial charge in [0.25, 0.3) is 5.91 Å². The minimum atomic E-state index is -0.617. The van der Waals surface area contributed by atoms with Crippen molar-refractivity contribution in [3.63, 3.8) is 0 Å². The second-order valence-electron chi connectivity index (χ2n) is 6.55. The summed E-state index contributed by atoms with van der Waals surface area (Å²) in [6, 6.07) is 16.6. The molecule has 0 saturated heterocycles. The fourth-order valence-corrected chi connectivity index (χ4v) is 2.61. The third kappa shape index (κ3) is 8.01. The van der Waals surface area contributed by atoms with Gasteiger partial charge in [0.2, 0.25) is 0 Å². The lowest BCUT2D eigenvalue weighted by atomic mass is 10.1. The average molecular weight is 395 g/mol. The number of ether oxygens (including phenoxy) is 2. The molecule has 1 atom stereocenters. The van der Waals surface area contributed by atoms with Gasteiger partial charge in [0.15, 0.2) is 6.61 Å². The van der Waals surface area contributed by atoms with Crippen LogP contribution in [0.5, 0.6) is 0 Å². The Hall–Kier alpha value is -3.41. The number of rotatable bonds is 9. The van der Waals surface area contributed by atoms with Crippen LogP contribution in [0.2, 0.25) is 0 Å². The Balaban J connectivity index is 1.70. The first kappa shape index (κ1) is 21.9. The van der Waals surface area contributed by atoms with Gasteiger partial charge in [-0.2, -0.15) is 0 Å². The van der Waals surface area contributed by atoms with Crippen LogP contribution in [0.1, 0.15) is 34.8 Å². The van der Waals surface area contributed by atoms with Gasteiger partial charge in [0, 0.05) is 12.1 Å². The predicted octanol–water partition coefficient (Wildman–Crippen LogP) is 3.17. The molecule has 1 unspecified atom stereocenters. The zero-order chi connectivity index (χ0) is 21.1. The molecule has 0 saturated carbocycles. The summed E-state index contributed by atoms with van der Waals surface area (Å²) in [6.07, 6.45) is 4.44. The quantitative estimate of drug-likeness (QED) is 0.521. The van der Waals surface area contributed by atoms with Crippen molar-refractivity contribution in [3.8, 4) is 0 Å². The Morgan fingerprint density at radius 1 is 1.03 bits per heavy atom. The number of benzene rings is 2. The van der Waals surface area contributed by atoms with Crippen molar-refractivity contribution in [2.24, 2.45) is 0 Å². The van der Waals surface area contributed by atoms with Gasteiger partial charge in [-0.3, -0.25) is 4.79 Å². The summed E-state index contributed by atoms with van der Waals surface area (Å²) in [6.45, 7) is 1.58. The zero-order valence-corrected chi connectivity index (χ0v) is 16.6. The molecule has 2 aromatic rings. The summed E-state index contributed by atoms with van der Waals surface area (Å²) < 4.78 is 9.58. The van der Waals surface area contributed by atoms with Crippen LogP contribution < -0.4 is 5.32 Å². The topological polar surface area (TPSA) is 81.7 Å². The maximum absolute atomic E-state index is 11.9. The number of methoxy groups -OCH3 is 1. The largest absolute Gasteiger partial charge is 0.465 e. The van der Waals surface area contributed by atoms with Gasteiger partial charge in [-0.1, -0.05) is 42.5 Å². The SMILES string of the molecule is COC(=O)c1ccc(C=CC(=O)OCC(=O)NC(C)CCc2ccccc2)cc1. The number of esters is 2. The average Bonchev–Trinajstić information content (AvgIpc) is 2.75. The Labute approximate surface area is 170 Å². The van der Waals surface area contributed by atoms with E-state index in [4.69, 9.17) is 4.74 Å². The van der Waals surface area contributed by atoms with Crippen LogP contribution in [0.15, 0.2) is 60.7 Å². The number of carbonyl (C=O) groups is 3. The standard InChI is InChI=1S/C23H25NO5/c1-17(8-9-18-6-4-3-5-7-18)24-21(25)16-29-22(26)15-12-19-10-13-20(14-11-19)23(27)28-2/h3-7,10-15,17H,8-9,16H2,1-2H3,(H,24,25). The first-order valence-corrected chi connectivity index (χ1v) is 9.34. The van der Waals surface area contributed by atoms with Gasteiger partial charge < -0.3 is 14.8 Å². The Bertz CT molecular complexity index is 843. The van der Waals surface area contributed by atoms with Gasteiger partial charge in [-0.05, 0) is 49.1 Å². The molecule has 0 spiro atoms. The Morgan fingerprint density at radius 3 is 2.38 bits per heavy atom. The number of amides is 1. The van der Waals surface area contributed by atoms with Crippen molar-refractivity contribution < 1.29 is 23.9 Å². The molecule has 1 N–H and O–H groups in total. The van der Waals surface area contributed by atoms with Crippen LogP contribution in [-0.2, 0) is 25.5 Å². The lowest BCUT2D eigenvalue weighted by molar-refractivity contribution is -0.144. The highest BCUT2D eigenvalue weighted by Crippen LogP contribution is 2.08. The molecular formula is C23H25NO5. The van der Waals surface area contributed by atoms with Crippen molar-refractivity contribution in [1.82, 2.24) is 5.32 Å². The lowest BCUT2D eigenvalue weighted by Gasteiger charge is -2.13. The highest BCUT2D eigenvalue weighted by Gasteiger charge is 2.09. The third-order valence-electron chi connectivity index (χ3n) is 4.21. The van der Waals surface area contributed by atoms with Gasteiger partial charge in [0.1, 0.15) is 0 Å². The first-order valence-electron chi connectivity index (χ1n) is 9.34. The van der Waals surface area contributed by atoms with E-state index in [0.717, 1.165) is 12.8 Å². The minimum Gasteiger partial charge on any atom is -0.465 e. The van der Waals surface area contributed by atoms with Gasteiger partial charge in [0.05, 0.1) is 12.7 Å². The minimum absolute atomic E-state index is 0.0229. The molecule has 0 aromatic heterocycles. The summed E-state index contributed by atoms with van der Waals surface area (Å²) in [4.78, 5) is 35.1. The molecule has 2 aromatic carbocycles. The van der Waals surface area contributed by atoms with E-state index in [1.807, 2.05) is 37.3 Å². The van der Waals surface area contributed by atoms with Crippen molar-refractivity contribution in [2.75, 3.05) is 13.7 Å². The molecule has 1 amide bonds. The highest BCUT2D eigenvalue weighted by atomic mass is 16.5. The summed E-state index contributed by atoms with van der Waals surface area (Å²) in [5, 5.41) is 2.82. The molecule has 0 fully saturated rings. The van der Waals surface area contributed by atoms with Crippen LogP contribution in [0.3, 0.4) is 0 Å². The zero-order valence-electron chi connectivity index (χ0n) is 16.6. The summed E-state index contributed by atoms with van der Waals surface area (Å²) in [7, 11) is 1.31. The van der Waals surface area contributed by atoms with E-state index in [0.29, 0.717) is 11.1 Å². The van der Waals surface area contributed by atoms with Crippen LogP contribution >= 0.6 is 0 Å².